The number of carbonyl (C=O) groups is 2. The van der Waals surface area contributed by atoms with E-state index < -0.39 is 22.9 Å². The van der Waals surface area contributed by atoms with E-state index in [2.05, 4.69) is 53.8 Å². The highest BCUT2D eigenvalue weighted by molar-refractivity contribution is 8.00. The van der Waals surface area contributed by atoms with E-state index in [1.165, 1.54) is 0 Å². The molecule has 46 heavy (non-hydrogen) atoms. The van der Waals surface area contributed by atoms with Crippen LogP contribution in [0.2, 0.25) is 0 Å². The predicted molar refractivity (Wildman–Crippen MR) is 182 cm³/mol. The molecule has 232 valence electrons. The molecule has 0 aromatic heterocycles. The van der Waals surface area contributed by atoms with Gasteiger partial charge in [-0.3, -0.25) is 0 Å². The second-order valence-electron chi connectivity index (χ2n) is 11.1. The Bertz CT molecular complexity index is 1710. The minimum absolute atomic E-state index is 0.112. The summed E-state index contributed by atoms with van der Waals surface area (Å²) in [6, 6.07) is 43.4. The average molecular weight is 630 g/mol. The van der Waals surface area contributed by atoms with Crippen LogP contribution in [0.5, 0.6) is 5.75 Å². The molecule has 1 amide bonds. The Morgan fingerprint density at radius 2 is 1.24 bits per heavy atom. The first-order valence-electron chi connectivity index (χ1n) is 15.2. The lowest BCUT2D eigenvalue weighted by molar-refractivity contribution is -0.139. The van der Waals surface area contributed by atoms with Gasteiger partial charge in [0.1, 0.15) is 18.4 Å². The van der Waals surface area contributed by atoms with Crippen molar-refractivity contribution in [3.63, 3.8) is 0 Å². The molecule has 0 aliphatic heterocycles. The summed E-state index contributed by atoms with van der Waals surface area (Å²) in [4.78, 5) is 25.4. The van der Waals surface area contributed by atoms with Gasteiger partial charge in [0.05, 0.1) is 11.9 Å². The largest absolute Gasteiger partial charge is 0.497 e. The fourth-order valence-corrected chi connectivity index (χ4v) is 7.86. The molecular weight excluding hydrogens is 594 g/mol. The van der Waals surface area contributed by atoms with Gasteiger partial charge < -0.3 is 19.9 Å². The minimum atomic E-state index is -1.12. The number of methoxy groups -OCH3 is 1. The number of carboxylic acid groups (broad SMARTS) is 1. The van der Waals surface area contributed by atoms with E-state index in [1.54, 1.807) is 18.9 Å². The monoisotopic (exact) mass is 629 g/mol. The number of amides is 1. The Hall–Kier alpha value is -5.01. The van der Waals surface area contributed by atoms with Crippen molar-refractivity contribution in [3.8, 4) is 16.9 Å². The summed E-state index contributed by atoms with van der Waals surface area (Å²) in [5.74, 6) is -0.0272. The summed E-state index contributed by atoms with van der Waals surface area (Å²) in [7, 11) is 1.64. The Kier molecular flexibility index (Phi) is 9.41. The molecule has 6 nitrogen and oxygen atoms in total. The van der Waals surface area contributed by atoms with Crippen LogP contribution in [0.15, 0.2) is 133 Å². The van der Waals surface area contributed by atoms with Crippen molar-refractivity contribution >= 4 is 23.8 Å². The summed E-state index contributed by atoms with van der Waals surface area (Å²) in [6.07, 6.45) is -0.548. The van der Waals surface area contributed by atoms with Crippen LogP contribution < -0.4 is 10.1 Å². The van der Waals surface area contributed by atoms with Gasteiger partial charge in [0.2, 0.25) is 0 Å². The van der Waals surface area contributed by atoms with Gasteiger partial charge in [-0.1, -0.05) is 121 Å². The fourth-order valence-electron chi connectivity index (χ4n) is 6.29. The molecule has 5 aromatic carbocycles. The van der Waals surface area contributed by atoms with Crippen molar-refractivity contribution in [3.05, 3.63) is 161 Å². The Morgan fingerprint density at radius 1 is 0.739 bits per heavy atom. The van der Waals surface area contributed by atoms with Gasteiger partial charge >= 0.3 is 12.1 Å². The third kappa shape index (κ3) is 6.24. The maximum Gasteiger partial charge on any atom is 0.407 e. The molecule has 0 fully saturated rings. The highest BCUT2D eigenvalue weighted by Gasteiger charge is 2.37. The molecule has 1 atom stereocenters. The molecule has 0 saturated heterocycles. The number of nitrogens with one attached hydrogen (secondary N) is 1. The van der Waals surface area contributed by atoms with Gasteiger partial charge in [0.25, 0.3) is 0 Å². The van der Waals surface area contributed by atoms with Crippen LogP contribution in [0.25, 0.3) is 11.1 Å². The third-order valence-corrected chi connectivity index (χ3v) is 10.1. The normalized spacial score (nSPS) is 12.9. The number of hydrogen-bond acceptors (Lipinski definition) is 5. The summed E-state index contributed by atoms with van der Waals surface area (Å²) >= 11 is 1.64. The van der Waals surface area contributed by atoms with Gasteiger partial charge in [0, 0.05) is 5.92 Å². The van der Waals surface area contributed by atoms with Crippen molar-refractivity contribution < 1.29 is 24.2 Å². The number of thioether (sulfide) groups is 1. The number of benzene rings is 5. The quantitative estimate of drug-likeness (QED) is 0.136. The Morgan fingerprint density at radius 3 is 1.76 bits per heavy atom. The van der Waals surface area contributed by atoms with E-state index in [9.17, 15) is 14.7 Å². The topological polar surface area (TPSA) is 84.9 Å². The van der Waals surface area contributed by atoms with E-state index in [0.717, 1.165) is 44.7 Å². The summed E-state index contributed by atoms with van der Waals surface area (Å²) in [5, 5.41) is 12.7. The lowest BCUT2D eigenvalue weighted by Gasteiger charge is -2.36. The number of fused-ring (bicyclic) bond motifs is 3. The zero-order valence-electron chi connectivity index (χ0n) is 25.5. The number of aliphatic carboxylic acids is 1. The number of alkyl carbamates (subject to hydrolysis) is 1. The smallest absolute Gasteiger partial charge is 0.407 e. The zero-order chi connectivity index (χ0) is 31.9. The molecule has 0 heterocycles. The molecule has 7 heteroatoms. The highest BCUT2D eigenvalue weighted by atomic mass is 32.2. The number of ether oxygens (including phenoxy) is 2. The lowest BCUT2D eigenvalue weighted by atomic mass is 9.84. The maximum atomic E-state index is 13.0. The van der Waals surface area contributed by atoms with Gasteiger partial charge in [-0.05, 0) is 63.3 Å². The molecule has 1 aliphatic rings. The minimum Gasteiger partial charge on any atom is -0.497 e. The number of hydrogen-bond donors (Lipinski definition) is 2. The van der Waals surface area contributed by atoms with Crippen LogP contribution >= 0.6 is 11.8 Å². The van der Waals surface area contributed by atoms with Crippen LogP contribution in [0.1, 0.15) is 40.2 Å². The summed E-state index contributed by atoms with van der Waals surface area (Å²) < 4.78 is 10.5. The summed E-state index contributed by atoms with van der Waals surface area (Å²) in [5.41, 5.74) is 7.61. The van der Waals surface area contributed by atoms with Crippen molar-refractivity contribution in [1.82, 2.24) is 5.32 Å². The van der Waals surface area contributed by atoms with Gasteiger partial charge in [-0.2, -0.15) is 0 Å². The van der Waals surface area contributed by atoms with E-state index in [1.807, 2.05) is 84.9 Å². The van der Waals surface area contributed by atoms with Crippen LogP contribution in [0, 0.1) is 0 Å². The number of carbonyl (C=O) groups excluding carboxylic acids is 1. The van der Waals surface area contributed by atoms with Gasteiger partial charge in [-0.15, -0.1) is 11.8 Å². The molecule has 0 unspecified atom stereocenters. The van der Waals surface area contributed by atoms with E-state index in [-0.39, 0.29) is 18.9 Å². The van der Waals surface area contributed by atoms with Crippen LogP contribution in [0.3, 0.4) is 0 Å². The second-order valence-corrected chi connectivity index (χ2v) is 12.4. The average Bonchev–Trinajstić information content (AvgIpc) is 3.43. The fraction of sp³-hybridized carbons (Fsp3) is 0.179. The SMILES string of the molecule is COc1ccc(C(SCC[C@H](NC(=O)OCC2c3ccccc3-c3ccccc32)C(=O)O)(c2ccccc2)c2ccccc2)cc1. The van der Waals surface area contributed by atoms with Crippen molar-refractivity contribution in [1.29, 1.82) is 0 Å². The maximum absolute atomic E-state index is 13.0. The third-order valence-electron chi connectivity index (χ3n) is 8.52. The molecule has 5 aromatic rings. The lowest BCUT2D eigenvalue weighted by Crippen LogP contribution is -2.42. The highest BCUT2D eigenvalue weighted by Crippen LogP contribution is 2.49. The first kappa shape index (κ1) is 31.0. The first-order valence-corrected chi connectivity index (χ1v) is 16.2. The van der Waals surface area contributed by atoms with Crippen LogP contribution in [-0.2, 0) is 14.3 Å². The number of carboxylic acids is 1. The van der Waals surface area contributed by atoms with E-state index in [4.69, 9.17) is 9.47 Å². The van der Waals surface area contributed by atoms with Crippen LogP contribution in [-0.4, -0.2) is 42.7 Å². The first-order chi connectivity index (χ1) is 22.5. The van der Waals surface area contributed by atoms with Gasteiger partial charge in [0.15, 0.2) is 0 Å². The molecule has 6 rings (SSSR count). The van der Waals surface area contributed by atoms with Gasteiger partial charge in [-0.25, -0.2) is 9.59 Å². The van der Waals surface area contributed by atoms with Crippen molar-refractivity contribution in [2.45, 2.75) is 23.1 Å². The summed E-state index contributed by atoms with van der Waals surface area (Å²) in [6.45, 7) is 0.115. The predicted octanol–water partition coefficient (Wildman–Crippen LogP) is 8.10. The molecule has 0 bridgehead atoms. The second kappa shape index (κ2) is 14.0. The van der Waals surface area contributed by atoms with E-state index in [0.29, 0.717) is 5.75 Å². The molecule has 0 spiro atoms. The van der Waals surface area contributed by atoms with Crippen molar-refractivity contribution in [2.75, 3.05) is 19.5 Å². The van der Waals surface area contributed by atoms with E-state index >= 15 is 0 Å². The number of rotatable bonds is 12. The molecule has 1 aliphatic carbocycles. The van der Waals surface area contributed by atoms with Crippen LogP contribution in [0.4, 0.5) is 4.79 Å². The Balaban J connectivity index is 1.19. The Labute approximate surface area is 273 Å². The standard InChI is InChI=1S/C39H35NO5S/c1-44-30-22-20-29(21-23-30)39(27-12-4-2-5-13-27,28-14-6-3-7-15-28)46-25-24-36(37(41)42)40-38(43)45-26-35-33-18-10-8-16-31(33)32-17-9-11-19-34(32)35/h2-23,35-36H,24-26H2,1H3,(H,40,43)(H,41,42)/t36-/m0/s1. The molecule has 0 radical (unpaired) electrons. The molecule has 2 N–H and O–H groups in total. The molecular formula is C39H35NO5S. The molecule has 0 saturated carbocycles. The zero-order valence-corrected chi connectivity index (χ0v) is 26.3. The van der Waals surface area contributed by atoms with Crippen molar-refractivity contribution in [2.24, 2.45) is 0 Å².